The van der Waals surface area contributed by atoms with Crippen LogP contribution in [0.3, 0.4) is 0 Å². The summed E-state index contributed by atoms with van der Waals surface area (Å²) in [5.74, 6) is -0.363. The molecule has 0 saturated heterocycles. The van der Waals surface area contributed by atoms with Crippen LogP contribution in [0.5, 0.6) is 5.75 Å². The molecule has 4 nitrogen and oxygen atoms in total. The molecule has 2 aromatic carbocycles. The van der Waals surface area contributed by atoms with Crippen LogP contribution in [0, 0.1) is 26.6 Å². The van der Waals surface area contributed by atoms with Crippen molar-refractivity contribution in [2.75, 3.05) is 13.2 Å². The molecule has 0 aromatic heterocycles. The van der Waals surface area contributed by atoms with Crippen molar-refractivity contribution in [3.8, 4) is 16.9 Å². The Morgan fingerprint density at radius 3 is 2.67 bits per heavy atom. The van der Waals surface area contributed by atoms with Crippen LogP contribution in [0.4, 0.5) is 4.39 Å². The van der Waals surface area contributed by atoms with Crippen LogP contribution in [-0.2, 0) is 28.5 Å². The summed E-state index contributed by atoms with van der Waals surface area (Å²) in [4.78, 5) is 25.0. The molecule has 1 atom stereocenters. The van der Waals surface area contributed by atoms with Gasteiger partial charge >= 0.3 is 5.97 Å². The average Bonchev–Trinajstić information content (AvgIpc) is 3.12. The zero-order valence-corrected chi connectivity index (χ0v) is 18.8. The third-order valence-corrected chi connectivity index (χ3v) is 7.35. The maximum atomic E-state index is 15.0. The Kier molecular flexibility index (Phi) is 5.67. The van der Waals surface area contributed by atoms with E-state index in [4.69, 9.17) is 9.47 Å². The van der Waals surface area contributed by atoms with Gasteiger partial charge in [0, 0.05) is 11.1 Å². The van der Waals surface area contributed by atoms with E-state index in [-0.39, 0.29) is 32.3 Å². The molecule has 0 amide bonds. The molecule has 2 aliphatic heterocycles. The first-order valence-electron chi connectivity index (χ1n) is 10.4. The van der Waals surface area contributed by atoms with Crippen LogP contribution < -0.4 is 4.74 Å². The van der Waals surface area contributed by atoms with Gasteiger partial charge in [-0.2, -0.15) is 0 Å². The summed E-state index contributed by atoms with van der Waals surface area (Å²) in [5.41, 5.74) is 7.99. The molecule has 1 unspecified atom stereocenters. The number of benzene rings is 2. The molecular weight excluding hydrogens is 402 g/mol. The highest BCUT2D eigenvalue weighted by Gasteiger charge is 2.31. The van der Waals surface area contributed by atoms with Crippen molar-refractivity contribution in [3.05, 3.63) is 50.8 Å². The molecule has 0 bridgehead atoms. The summed E-state index contributed by atoms with van der Waals surface area (Å²) in [6.07, 6.45) is 2.39. The van der Waals surface area contributed by atoms with E-state index >= 15 is 4.39 Å². The monoisotopic (exact) mass is 428 g/mol. The second-order valence-electron chi connectivity index (χ2n) is 7.91. The van der Waals surface area contributed by atoms with Gasteiger partial charge in [-0.3, -0.25) is 9.59 Å². The fourth-order valence-electron chi connectivity index (χ4n) is 4.77. The number of hydrogen-bond donors (Lipinski definition) is 0. The third-order valence-electron chi connectivity index (χ3n) is 6.24. The van der Waals surface area contributed by atoms with E-state index in [1.807, 2.05) is 20.8 Å². The molecular formula is C24H26FO4P. The minimum absolute atomic E-state index is 0.0637. The van der Waals surface area contributed by atoms with E-state index in [1.165, 1.54) is 6.07 Å². The van der Waals surface area contributed by atoms with Gasteiger partial charge in [-0.15, -0.1) is 0 Å². The van der Waals surface area contributed by atoms with Crippen molar-refractivity contribution in [1.29, 1.82) is 0 Å². The maximum absolute atomic E-state index is 15.0. The molecule has 0 aliphatic carbocycles. The predicted octanol–water partition coefficient (Wildman–Crippen LogP) is 5.18. The minimum Gasteiger partial charge on any atom is -0.490 e. The first kappa shape index (κ1) is 21.0. The fraction of sp³-hybridized carbons (Fsp3) is 0.417. The zero-order chi connectivity index (χ0) is 21.6. The summed E-state index contributed by atoms with van der Waals surface area (Å²) >= 11 is 0. The van der Waals surface area contributed by atoms with Crippen molar-refractivity contribution in [2.45, 2.75) is 53.1 Å². The number of halogens is 1. The highest BCUT2D eigenvalue weighted by Crippen LogP contribution is 2.46. The van der Waals surface area contributed by atoms with Gasteiger partial charge in [-0.05, 0) is 100 Å². The lowest BCUT2D eigenvalue weighted by Gasteiger charge is -2.25. The Bertz CT molecular complexity index is 1070. The molecule has 0 spiro atoms. The summed E-state index contributed by atoms with van der Waals surface area (Å²) in [7, 11) is 0.210. The second-order valence-corrected chi connectivity index (χ2v) is 9.07. The SMILES string of the molecule is CCOC(=O)Cc1c(C)c2c(c(C)c1-c1cc(F)c3c(c1C)CCCO3)CPC2=O. The van der Waals surface area contributed by atoms with Crippen LogP contribution in [0.1, 0.15) is 57.1 Å². The highest BCUT2D eigenvalue weighted by molar-refractivity contribution is 7.59. The first-order chi connectivity index (χ1) is 14.3. The lowest BCUT2D eigenvalue weighted by Crippen LogP contribution is -2.15. The van der Waals surface area contributed by atoms with Gasteiger partial charge in [-0.1, -0.05) is 0 Å². The van der Waals surface area contributed by atoms with E-state index in [0.717, 1.165) is 62.9 Å². The predicted molar refractivity (Wildman–Crippen MR) is 117 cm³/mol. The van der Waals surface area contributed by atoms with Gasteiger partial charge < -0.3 is 9.47 Å². The van der Waals surface area contributed by atoms with Gasteiger partial charge in [0.2, 0.25) is 0 Å². The van der Waals surface area contributed by atoms with Crippen LogP contribution in [0.25, 0.3) is 11.1 Å². The summed E-state index contributed by atoms with van der Waals surface area (Å²) in [6.45, 7) is 8.46. The number of fused-ring (bicyclic) bond motifs is 2. The van der Waals surface area contributed by atoms with Crippen molar-refractivity contribution >= 4 is 20.1 Å². The quantitative estimate of drug-likeness (QED) is 0.497. The Morgan fingerprint density at radius 2 is 1.93 bits per heavy atom. The number of carbonyl (C=O) groups is 2. The van der Waals surface area contributed by atoms with Crippen LogP contribution in [0.2, 0.25) is 0 Å². The van der Waals surface area contributed by atoms with Gasteiger partial charge in [-0.25, -0.2) is 4.39 Å². The van der Waals surface area contributed by atoms with Gasteiger partial charge in [0.05, 0.1) is 19.6 Å². The molecule has 0 fully saturated rings. The van der Waals surface area contributed by atoms with Gasteiger partial charge in [0.25, 0.3) is 0 Å². The van der Waals surface area contributed by atoms with Crippen molar-refractivity contribution in [2.24, 2.45) is 0 Å². The first-order valence-corrected chi connectivity index (χ1v) is 11.6. The zero-order valence-electron chi connectivity index (χ0n) is 17.8. The normalized spacial score (nSPS) is 15.7. The third kappa shape index (κ3) is 3.33. The molecule has 0 saturated carbocycles. The van der Waals surface area contributed by atoms with Gasteiger partial charge in [0.1, 0.15) is 0 Å². The van der Waals surface area contributed by atoms with E-state index < -0.39 is 0 Å². The Hall–Kier alpha value is -2.26. The standard InChI is InChI=1S/C24H26FO4P/c1-5-28-20(26)10-17-13(3)22-18(11-30-24(22)27)14(4)21(17)16-9-19(25)23-15(12(16)2)7-6-8-29-23/h9,30H,5-8,10-11H2,1-4H3. The second kappa shape index (κ2) is 8.11. The number of rotatable bonds is 4. The molecule has 2 aromatic rings. The smallest absolute Gasteiger partial charge is 0.310 e. The fourth-order valence-corrected chi connectivity index (χ4v) is 6.07. The largest absolute Gasteiger partial charge is 0.490 e. The number of carbonyl (C=O) groups excluding carboxylic acids is 2. The molecule has 0 N–H and O–H groups in total. The van der Waals surface area contributed by atoms with E-state index in [9.17, 15) is 9.59 Å². The van der Waals surface area contributed by atoms with E-state index in [1.54, 1.807) is 6.92 Å². The maximum Gasteiger partial charge on any atom is 0.310 e. The molecule has 2 heterocycles. The van der Waals surface area contributed by atoms with Gasteiger partial charge in [0.15, 0.2) is 17.1 Å². The average molecular weight is 428 g/mol. The molecule has 158 valence electrons. The lowest BCUT2D eigenvalue weighted by atomic mass is 9.81. The van der Waals surface area contributed by atoms with E-state index in [0.29, 0.717) is 25.1 Å². The number of ether oxygens (including phenoxy) is 2. The molecule has 2 aliphatic rings. The minimum atomic E-state index is -0.372. The van der Waals surface area contributed by atoms with Crippen molar-refractivity contribution in [3.63, 3.8) is 0 Å². The number of hydrogen-bond acceptors (Lipinski definition) is 4. The Labute approximate surface area is 177 Å². The van der Waals surface area contributed by atoms with E-state index in [2.05, 4.69) is 0 Å². The molecule has 0 radical (unpaired) electrons. The van der Waals surface area contributed by atoms with Crippen molar-refractivity contribution in [1.82, 2.24) is 0 Å². The van der Waals surface area contributed by atoms with Crippen LogP contribution in [-0.4, -0.2) is 24.7 Å². The highest BCUT2D eigenvalue weighted by atomic mass is 31.1. The van der Waals surface area contributed by atoms with Crippen LogP contribution in [0.15, 0.2) is 6.07 Å². The number of esters is 1. The Balaban J connectivity index is 2.00. The van der Waals surface area contributed by atoms with Crippen molar-refractivity contribution < 1.29 is 23.5 Å². The summed E-state index contributed by atoms with van der Waals surface area (Å²) in [5, 5.41) is 0. The molecule has 6 heteroatoms. The summed E-state index contributed by atoms with van der Waals surface area (Å²) in [6, 6.07) is 1.53. The Morgan fingerprint density at radius 1 is 1.17 bits per heavy atom. The molecule has 30 heavy (non-hydrogen) atoms. The molecule has 4 rings (SSSR count). The van der Waals surface area contributed by atoms with Crippen LogP contribution >= 0.6 is 8.58 Å². The topological polar surface area (TPSA) is 52.6 Å². The lowest BCUT2D eigenvalue weighted by molar-refractivity contribution is -0.142. The summed E-state index contributed by atoms with van der Waals surface area (Å²) < 4.78 is 25.8.